The quantitative estimate of drug-likeness (QED) is 0.481. The molecule has 3 aromatic rings. The molecule has 1 aromatic heterocycles. The fraction of sp³-hybridized carbons (Fsp3) is 0.333. The second-order valence-electron chi connectivity index (χ2n) is 7.76. The lowest BCUT2D eigenvalue weighted by Gasteiger charge is -2.11. The summed E-state index contributed by atoms with van der Waals surface area (Å²) in [6.45, 7) is 5.69. The van der Waals surface area contributed by atoms with Gasteiger partial charge in [0.25, 0.3) is 0 Å². The number of sulfone groups is 1. The molecule has 6 heteroatoms. The van der Waals surface area contributed by atoms with Gasteiger partial charge in [0.15, 0.2) is 9.84 Å². The summed E-state index contributed by atoms with van der Waals surface area (Å²) in [4.78, 5) is 16.7. The van der Waals surface area contributed by atoms with E-state index in [1.54, 1.807) is 6.92 Å². The monoisotopic (exact) mass is 425 g/mol. The Kier molecular flexibility index (Phi) is 6.87. The van der Waals surface area contributed by atoms with Gasteiger partial charge in [-0.1, -0.05) is 55.5 Å². The van der Waals surface area contributed by atoms with Crippen LogP contribution in [0.4, 0.5) is 0 Å². The molecular weight excluding hydrogens is 398 g/mol. The van der Waals surface area contributed by atoms with Gasteiger partial charge in [0.05, 0.1) is 11.4 Å². The first-order valence-corrected chi connectivity index (χ1v) is 11.9. The van der Waals surface area contributed by atoms with Crippen LogP contribution in [-0.2, 0) is 20.4 Å². The van der Waals surface area contributed by atoms with Crippen molar-refractivity contribution in [3.8, 4) is 11.5 Å². The summed E-state index contributed by atoms with van der Waals surface area (Å²) in [7, 11) is -3.62. The molecule has 0 amide bonds. The molecule has 0 saturated heterocycles. The van der Waals surface area contributed by atoms with Gasteiger partial charge < -0.3 is 4.42 Å². The number of hydrogen-bond donors (Lipinski definition) is 0. The number of aryl methyl sites for hydroxylation is 2. The molecule has 1 heterocycles. The number of Topliss-reactive ketones (excluding diaryl/α,β-unsaturated/α-hetero) is 1. The minimum atomic E-state index is -3.62. The van der Waals surface area contributed by atoms with E-state index >= 15 is 0 Å². The van der Waals surface area contributed by atoms with Crippen molar-refractivity contribution in [1.29, 1.82) is 0 Å². The second kappa shape index (κ2) is 9.39. The lowest BCUT2D eigenvalue weighted by molar-refractivity contribution is -0.116. The van der Waals surface area contributed by atoms with Crippen LogP contribution in [0.15, 0.2) is 59.0 Å². The first-order valence-electron chi connectivity index (χ1n) is 10.0. The van der Waals surface area contributed by atoms with Crippen LogP contribution in [0.3, 0.4) is 0 Å². The molecule has 3 rings (SSSR count). The van der Waals surface area contributed by atoms with E-state index in [0.717, 1.165) is 16.7 Å². The van der Waals surface area contributed by atoms with Crippen LogP contribution < -0.4 is 0 Å². The maximum atomic E-state index is 12.6. The molecule has 0 aliphatic heterocycles. The minimum Gasteiger partial charge on any atom is -0.441 e. The van der Waals surface area contributed by atoms with Crippen molar-refractivity contribution in [2.45, 2.75) is 45.3 Å². The standard InChI is InChI=1S/C24H27NO4S/c1-17(20-10-5-4-6-11-20)13-14-21(26)15-30(27,28)16-23-19(3)29-24(25-23)22-12-8-7-9-18(22)2/h4-12,17H,13-16H2,1-3H3. The Morgan fingerprint density at radius 1 is 1.03 bits per heavy atom. The molecule has 1 unspecified atom stereocenters. The zero-order valence-electron chi connectivity index (χ0n) is 17.6. The largest absolute Gasteiger partial charge is 0.441 e. The van der Waals surface area contributed by atoms with Gasteiger partial charge in [-0.3, -0.25) is 4.79 Å². The fourth-order valence-corrected chi connectivity index (χ4v) is 4.81. The highest BCUT2D eigenvalue weighted by Gasteiger charge is 2.22. The Bertz CT molecular complexity index is 1120. The predicted octanol–water partition coefficient (Wildman–Crippen LogP) is 5.03. The van der Waals surface area contributed by atoms with Gasteiger partial charge in [-0.2, -0.15) is 0 Å². The molecule has 0 radical (unpaired) electrons. The summed E-state index contributed by atoms with van der Waals surface area (Å²) < 4.78 is 30.9. The third-order valence-electron chi connectivity index (χ3n) is 5.23. The first-order chi connectivity index (χ1) is 14.2. The van der Waals surface area contributed by atoms with Crippen molar-refractivity contribution in [2.75, 3.05) is 5.75 Å². The Labute approximate surface area is 178 Å². The molecule has 0 fully saturated rings. The van der Waals surface area contributed by atoms with Crippen LogP contribution in [0.5, 0.6) is 0 Å². The number of carbonyl (C=O) groups excluding carboxylic acids is 1. The van der Waals surface area contributed by atoms with Crippen molar-refractivity contribution in [2.24, 2.45) is 0 Å². The Balaban J connectivity index is 1.61. The van der Waals surface area contributed by atoms with Gasteiger partial charge in [-0.25, -0.2) is 13.4 Å². The lowest BCUT2D eigenvalue weighted by Crippen LogP contribution is -2.18. The minimum absolute atomic E-state index is 0.201. The molecule has 0 aliphatic rings. The summed E-state index contributed by atoms with van der Waals surface area (Å²) in [5.41, 5.74) is 3.33. The van der Waals surface area contributed by atoms with Crippen molar-refractivity contribution in [1.82, 2.24) is 4.98 Å². The van der Waals surface area contributed by atoms with E-state index in [0.29, 0.717) is 23.8 Å². The molecule has 2 aromatic carbocycles. The second-order valence-corrected chi connectivity index (χ2v) is 9.82. The van der Waals surface area contributed by atoms with E-state index in [2.05, 4.69) is 4.98 Å². The van der Waals surface area contributed by atoms with Crippen LogP contribution >= 0.6 is 0 Å². The molecule has 0 saturated carbocycles. The van der Waals surface area contributed by atoms with Crippen molar-refractivity contribution < 1.29 is 17.6 Å². The zero-order chi connectivity index (χ0) is 21.7. The summed E-state index contributed by atoms with van der Waals surface area (Å²) in [5, 5.41) is 0. The average molecular weight is 426 g/mol. The lowest BCUT2D eigenvalue weighted by atomic mass is 9.95. The molecule has 0 spiro atoms. The van der Waals surface area contributed by atoms with Gasteiger partial charge in [0.2, 0.25) is 5.89 Å². The van der Waals surface area contributed by atoms with Crippen LogP contribution in [0.1, 0.15) is 48.3 Å². The average Bonchev–Trinajstić information content (AvgIpc) is 3.06. The number of nitrogens with zero attached hydrogens (tertiary/aromatic N) is 1. The first kappa shape index (κ1) is 22.0. The fourth-order valence-electron chi connectivity index (χ4n) is 3.39. The number of ketones is 1. The van der Waals surface area contributed by atoms with Gasteiger partial charge >= 0.3 is 0 Å². The van der Waals surface area contributed by atoms with Crippen molar-refractivity contribution in [3.05, 3.63) is 77.2 Å². The molecule has 5 nitrogen and oxygen atoms in total. The third-order valence-corrected chi connectivity index (χ3v) is 6.71. The molecule has 1 atom stereocenters. The number of hydrogen-bond acceptors (Lipinski definition) is 5. The Morgan fingerprint density at radius 3 is 2.40 bits per heavy atom. The van der Waals surface area contributed by atoms with Gasteiger partial charge in [-0.15, -0.1) is 0 Å². The maximum absolute atomic E-state index is 12.6. The number of carbonyl (C=O) groups is 1. The summed E-state index contributed by atoms with van der Waals surface area (Å²) >= 11 is 0. The molecule has 0 bridgehead atoms. The molecule has 30 heavy (non-hydrogen) atoms. The number of oxazole rings is 1. The number of benzene rings is 2. The predicted molar refractivity (Wildman–Crippen MR) is 118 cm³/mol. The van der Waals surface area contributed by atoms with Crippen LogP contribution in [0, 0.1) is 13.8 Å². The number of rotatable bonds is 9. The number of aromatic nitrogens is 1. The van der Waals surface area contributed by atoms with E-state index in [4.69, 9.17) is 4.42 Å². The summed E-state index contributed by atoms with van der Waals surface area (Å²) in [6, 6.07) is 17.5. The molecular formula is C24H27NO4S. The zero-order valence-corrected chi connectivity index (χ0v) is 18.4. The van der Waals surface area contributed by atoms with E-state index in [-0.39, 0.29) is 23.9 Å². The van der Waals surface area contributed by atoms with Crippen molar-refractivity contribution >= 4 is 15.6 Å². The molecule has 0 aliphatic carbocycles. The van der Waals surface area contributed by atoms with E-state index in [1.165, 1.54) is 0 Å². The van der Waals surface area contributed by atoms with Crippen LogP contribution in [0.25, 0.3) is 11.5 Å². The van der Waals surface area contributed by atoms with Crippen molar-refractivity contribution in [3.63, 3.8) is 0 Å². The summed E-state index contributed by atoms with van der Waals surface area (Å²) in [6.07, 6.45) is 0.861. The van der Waals surface area contributed by atoms with E-state index in [9.17, 15) is 13.2 Å². The Morgan fingerprint density at radius 2 is 1.70 bits per heavy atom. The topological polar surface area (TPSA) is 77.2 Å². The highest BCUT2D eigenvalue weighted by molar-refractivity contribution is 7.91. The van der Waals surface area contributed by atoms with Gasteiger partial charge in [-0.05, 0) is 43.4 Å². The normalized spacial score (nSPS) is 12.6. The molecule has 0 N–H and O–H groups in total. The van der Waals surface area contributed by atoms with Gasteiger partial charge in [0.1, 0.15) is 17.3 Å². The third kappa shape index (κ3) is 5.66. The SMILES string of the molecule is Cc1ccccc1-c1nc(CS(=O)(=O)CC(=O)CCC(C)c2ccccc2)c(C)o1. The highest BCUT2D eigenvalue weighted by atomic mass is 32.2. The Hall–Kier alpha value is -2.73. The van der Waals surface area contributed by atoms with E-state index < -0.39 is 15.6 Å². The van der Waals surface area contributed by atoms with Crippen LogP contribution in [-0.4, -0.2) is 24.9 Å². The maximum Gasteiger partial charge on any atom is 0.226 e. The van der Waals surface area contributed by atoms with Crippen LogP contribution in [0.2, 0.25) is 0 Å². The smallest absolute Gasteiger partial charge is 0.226 e. The highest BCUT2D eigenvalue weighted by Crippen LogP contribution is 2.26. The summed E-state index contributed by atoms with van der Waals surface area (Å²) in [5.74, 6) is 0.0282. The van der Waals surface area contributed by atoms with E-state index in [1.807, 2.05) is 68.4 Å². The van der Waals surface area contributed by atoms with Gasteiger partial charge in [0, 0.05) is 12.0 Å². The molecule has 158 valence electrons.